The van der Waals surface area contributed by atoms with Crippen molar-refractivity contribution in [3.05, 3.63) is 0 Å². The van der Waals surface area contributed by atoms with Crippen LogP contribution in [0.5, 0.6) is 0 Å². The van der Waals surface area contributed by atoms with E-state index in [1.165, 1.54) is 0 Å². The van der Waals surface area contributed by atoms with Crippen molar-refractivity contribution < 1.29 is 9.90 Å². The van der Waals surface area contributed by atoms with E-state index in [1.54, 1.807) is 0 Å². The summed E-state index contributed by atoms with van der Waals surface area (Å²) in [6.45, 7) is 4.23. The number of fused-ring (bicyclic) bond motifs is 1. The van der Waals surface area contributed by atoms with E-state index in [2.05, 4.69) is 13.8 Å². The molecule has 0 aromatic carbocycles. The zero-order valence-corrected chi connectivity index (χ0v) is 8.42. The van der Waals surface area contributed by atoms with Gasteiger partial charge in [-0.1, -0.05) is 20.3 Å². The van der Waals surface area contributed by atoms with Crippen LogP contribution in [0.15, 0.2) is 0 Å². The lowest BCUT2D eigenvalue weighted by Crippen LogP contribution is -2.37. The van der Waals surface area contributed by atoms with Gasteiger partial charge in [0.25, 0.3) is 0 Å². The van der Waals surface area contributed by atoms with E-state index < -0.39 is 0 Å². The molecule has 0 spiro atoms. The number of carbonyl (C=O) groups is 1. The summed E-state index contributed by atoms with van der Waals surface area (Å²) in [5.74, 6) is 0.779. The lowest BCUT2D eigenvalue weighted by Gasteiger charge is -2.37. The van der Waals surface area contributed by atoms with Crippen molar-refractivity contribution in [1.82, 2.24) is 0 Å². The Morgan fingerprint density at radius 1 is 1.38 bits per heavy atom. The monoisotopic (exact) mass is 182 g/mol. The number of rotatable bonds is 0. The van der Waals surface area contributed by atoms with Crippen LogP contribution >= 0.6 is 0 Å². The van der Waals surface area contributed by atoms with Crippen LogP contribution < -0.4 is 0 Å². The first-order valence-corrected chi connectivity index (χ1v) is 5.23. The number of aliphatic hydroxyl groups is 1. The minimum Gasteiger partial charge on any atom is -0.393 e. The van der Waals surface area contributed by atoms with Gasteiger partial charge in [-0.05, 0) is 18.3 Å². The fourth-order valence-electron chi connectivity index (χ4n) is 3.30. The van der Waals surface area contributed by atoms with Crippen LogP contribution in [-0.4, -0.2) is 17.0 Å². The molecule has 0 amide bonds. The average Bonchev–Trinajstić information content (AvgIpc) is 2.24. The molecule has 13 heavy (non-hydrogen) atoms. The predicted octanol–water partition coefficient (Wildman–Crippen LogP) is 1.76. The maximum absolute atomic E-state index is 11.7. The summed E-state index contributed by atoms with van der Waals surface area (Å²) in [5, 5.41) is 9.88. The molecule has 2 saturated carbocycles. The second-order valence-corrected chi connectivity index (χ2v) is 5.26. The Hall–Kier alpha value is -0.370. The van der Waals surface area contributed by atoms with Crippen LogP contribution in [0.1, 0.15) is 39.5 Å². The van der Waals surface area contributed by atoms with Crippen molar-refractivity contribution in [1.29, 1.82) is 0 Å². The number of Topliss-reactive ketones (excluding diaryl/α,β-unsaturated/α-hetero) is 1. The molecule has 0 saturated heterocycles. The van der Waals surface area contributed by atoms with Crippen LogP contribution in [0.2, 0.25) is 0 Å². The normalized spacial score (nSPS) is 43.3. The number of hydrogen-bond donors (Lipinski definition) is 1. The van der Waals surface area contributed by atoms with Crippen molar-refractivity contribution in [2.75, 3.05) is 0 Å². The minimum absolute atomic E-state index is 0.0294. The largest absolute Gasteiger partial charge is 0.393 e. The Bertz CT molecular complexity index is 232. The lowest BCUT2D eigenvalue weighted by molar-refractivity contribution is -0.123. The standard InChI is InChI=1S/C11H18O2/c1-11(2)6-9(13)7-4-3-5-8(12)10(7)11/h7-8,10,12H,3-6H2,1-2H3/t7-,8-,10-/m0/s1. The molecule has 2 aliphatic rings. The molecular weight excluding hydrogens is 164 g/mol. The summed E-state index contributed by atoms with van der Waals surface area (Å²) in [5.41, 5.74) is 0.0294. The first kappa shape index (κ1) is 9.20. The molecule has 2 aliphatic carbocycles. The minimum atomic E-state index is -0.236. The third kappa shape index (κ3) is 1.32. The quantitative estimate of drug-likeness (QED) is 0.620. The van der Waals surface area contributed by atoms with Crippen LogP contribution in [-0.2, 0) is 4.79 Å². The highest BCUT2D eigenvalue weighted by Crippen LogP contribution is 2.50. The molecule has 0 aliphatic heterocycles. The first-order valence-electron chi connectivity index (χ1n) is 5.23. The highest BCUT2D eigenvalue weighted by atomic mass is 16.3. The van der Waals surface area contributed by atoms with E-state index in [1.807, 2.05) is 0 Å². The van der Waals surface area contributed by atoms with Crippen LogP contribution in [0.3, 0.4) is 0 Å². The van der Waals surface area contributed by atoms with E-state index in [9.17, 15) is 9.90 Å². The maximum Gasteiger partial charge on any atom is 0.136 e. The summed E-state index contributed by atoms with van der Waals surface area (Å²) in [6, 6.07) is 0. The Balaban J connectivity index is 2.28. The molecule has 2 rings (SSSR count). The van der Waals surface area contributed by atoms with Crippen molar-refractivity contribution in [3.8, 4) is 0 Å². The fourth-order valence-corrected chi connectivity index (χ4v) is 3.30. The summed E-state index contributed by atoms with van der Waals surface area (Å²) < 4.78 is 0. The highest BCUT2D eigenvalue weighted by Gasteiger charge is 2.51. The Morgan fingerprint density at radius 3 is 2.69 bits per heavy atom. The molecule has 2 nitrogen and oxygen atoms in total. The SMILES string of the molecule is CC1(C)CC(=O)[C@@H]2CCC[C@H](O)[C@H]21. The molecular formula is C11H18O2. The molecule has 74 valence electrons. The van der Waals surface area contributed by atoms with Crippen LogP contribution in [0, 0.1) is 17.3 Å². The van der Waals surface area contributed by atoms with E-state index in [4.69, 9.17) is 0 Å². The first-order chi connectivity index (χ1) is 6.02. The summed E-state index contributed by atoms with van der Waals surface area (Å²) >= 11 is 0. The van der Waals surface area contributed by atoms with Crippen molar-refractivity contribution >= 4 is 5.78 Å². The van der Waals surface area contributed by atoms with Crippen molar-refractivity contribution in [2.45, 2.75) is 45.6 Å². The van der Waals surface area contributed by atoms with Gasteiger partial charge in [0.05, 0.1) is 6.10 Å². The van der Waals surface area contributed by atoms with Gasteiger partial charge >= 0.3 is 0 Å². The predicted molar refractivity (Wildman–Crippen MR) is 50.2 cm³/mol. The van der Waals surface area contributed by atoms with E-state index in [-0.39, 0.29) is 23.4 Å². The van der Waals surface area contributed by atoms with Gasteiger partial charge < -0.3 is 5.11 Å². The molecule has 2 heteroatoms. The Morgan fingerprint density at radius 2 is 2.08 bits per heavy atom. The summed E-state index contributed by atoms with van der Waals surface area (Å²) in [7, 11) is 0. The van der Waals surface area contributed by atoms with Gasteiger partial charge in [-0.2, -0.15) is 0 Å². The van der Waals surface area contributed by atoms with Gasteiger partial charge in [0.1, 0.15) is 5.78 Å². The third-order valence-corrected chi connectivity index (χ3v) is 3.81. The van der Waals surface area contributed by atoms with E-state index in [0.29, 0.717) is 12.2 Å². The van der Waals surface area contributed by atoms with Crippen molar-refractivity contribution in [2.24, 2.45) is 17.3 Å². The van der Waals surface area contributed by atoms with Gasteiger partial charge in [0.15, 0.2) is 0 Å². The van der Waals surface area contributed by atoms with E-state index >= 15 is 0 Å². The summed E-state index contributed by atoms with van der Waals surface area (Å²) in [6.07, 6.45) is 3.34. The smallest absolute Gasteiger partial charge is 0.136 e. The van der Waals surface area contributed by atoms with Gasteiger partial charge in [-0.25, -0.2) is 0 Å². The number of carbonyl (C=O) groups excluding carboxylic acids is 1. The van der Waals surface area contributed by atoms with Gasteiger partial charge in [-0.15, -0.1) is 0 Å². The van der Waals surface area contributed by atoms with Gasteiger partial charge in [0, 0.05) is 18.3 Å². The Labute approximate surface area is 79.3 Å². The molecule has 2 fully saturated rings. The number of ketones is 1. The second-order valence-electron chi connectivity index (χ2n) is 5.26. The second kappa shape index (κ2) is 2.81. The van der Waals surface area contributed by atoms with Crippen LogP contribution in [0.25, 0.3) is 0 Å². The lowest BCUT2D eigenvalue weighted by atomic mass is 9.70. The Kier molecular flexibility index (Phi) is 1.99. The molecule has 0 bridgehead atoms. The molecule has 3 atom stereocenters. The molecule has 0 unspecified atom stereocenters. The number of hydrogen-bond acceptors (Lipinski definition) is 2. The van der Waals surface area contributed by atoms with Gasteiger partial charge in [0.2, 0.25) is 0 Å². The van der Waals surface area contributed by atoms with Gasteiger partial charge in [-0.3, -0.25) is 4.79 Å². The molecule has 1 N–H and O–H groups in total. The molecule has 0 aromatic heterocycles. The number of aliphatic hydroxyl groups excluding tert-OH is 1. The van der Waals surface area contributed by atoms with E-state index in [0.717, 1.165) is 19.3 Å². The topological polar surface area (TPSA) is 37.3 Å². The fraction of sp³-hybridized carbons (Fsp3) is 0.909. The average molecular weight is 182 g/mol. The molecule has 0 aromatic rings. The highest BCUT2D eigenvalue weighted by molar-refractivity contribution is 5.84. The van der Waals surface area contributed by atoms with Crippen molar-refractivity contribution in [3.63, 3.8) is 0 Å². The third-order valence-electron chi connectivity index (χ3n) is 3.81. The maximum atomic E-state index is 11.7. The zero-order chi connectivity index (χ0) is 9.64. The zero-order valence-electron chi connectivity index (χ0n) is 8.42. The molecule has 0 heterocycles. The van der Waals surface area contributed by atoms with Crippen LogP contribution in [0.4, 0.5) is 0 Å². The molecule has 0 radical (unpaired) electrons. The summed E-state index contributed by atoms with van der Waals surface area (Å²) in [4.78, 5) is 11.7.